The van der Waals surface area contributed by atoms with Crippen molar-refractivity contribution in [1.82, 2.24) is 5.32 Å². The molecule has 1 heterocycles. The highest BCUT2D eigenvalue weighted by molar-refractivity contribution is 5.96. The molecule has 0 aromatic heterocycles. The molecule has 1 saturated heterocycles. The van der Waals surface area contributed by atoms with Crippen LogP contribution in [0.15, 0.2) is 24.3 Å². The SMILES string of the molecule is O=C(CC1CNC1)c1ccc(F)cc1. The van der Waals surface area contributed by atoms with Crippen LogP contribution in [0.4, 0.5) is 4.39 Å². The summed E-state index contributed by atoms with van der Waals surface area (Å²) in [6, 6.07) is 5.74. The molecular formula is C11H12FNO. The Morgan fingerprint density at radius 3 is 2.50 bits per heavy atom. The van der Waals surface area contributed by atoms with Crippen molar-refractivity contribution in [2.75, 3.05) is 13.1 Å². The summed E-state index contributed by atoms with van der Waals surface area (Å²) in [5, 5.41) is 3.11. The van der Waals surface area contributed by atoms with Crippen LogP contribution in [0.2, 0.25) is 0 Å². The van der Waals surface area contributed by atoms with Crippen molar-refractivity contribution < 1.29 is 9.18 Å². The van der Waals surface area contributed by atoms with Gasteiger partial charge in [-0.1, -0.05) is 0 Å². The van der Waals surface area contributed by atoms with Crippen molar-refractivity contribution in [1.29, 1.82) is 0 Å². The first-order chi connectivity index (χ1) is 6.75. The third-order valence-corrected chi connectivity index (χ3v) is 2.51. The number of halogens is 1. The van der Waals surface area contributed by atoms with Gasteiger partial charge in [0.15, 0.2) is 5.78 Å². The number of ketones is 1. The highest BCUT2D eigenvalue weighted by atomic mass is 19.1. The second-order valence-electron chi connectivity index (χ2n) is 3.66. The molecule has 0 bridgehead atoms. The second kappa shape index (κ2) is 3.88. The monoisotopic (exact) mass is 193 g/mol. The standard InChI is InChI=1S/C11H12FNO/c12-10-3-1-9(2-4-10)11(14)5-8-6-13-7-8/h1-4,8,13H,5-7H2. The van der Waals surface area contributed by atoms with Crippen LogP contribution in [0.25, 0.3) is 0 Å². The van der Waals surface area contributed by atoms with Gasteiger partial charge in [-0.25, -0.2) is 4.39 Å². The quantitative estimate of drug-likeness (QED) is 0.739. The Balaban J connectivity index is 1.99. The third kappa shape index (κ3) is 1.99. The van der Waals surface area contributed by atoms with Gasteiger partial charge in [-0.3, -0.25) is 4.79 Å². The Bertz CT molecular complexity index is 330. The van der Waals surface area contributed by atoms with E-state index in [4.69, 9.17) is 0 Å². The maximum atomic E-state index is 12.6. The normalized spacial score (nSPS) is 16.4. The van der Waals surface area contributed by atoms with Crippen LogP contribution < -0.4 is 5.32 Å². The number of carbonyl (C=O) groups excluding carboxylic acids is 1. The number of hydrogen-bond donors (Lipinski definition) is 1. The van der Waals surface area contributed by atoms with Crippen molar-refractivity contribution in [2.24, 2.45) is 5.92 Å². The number of carbonyl (C=O) groups is 1. The number of Topliss-reactive ketones (excluding diaryl/α,β-unsaturated/α-hetero) is 1. The fourth-order valence-corrected chi connectivity index (χ4v) is 1.51. The van der Waals surface area contributed by atoms with Gasteiger partial charge in [-0.2, -0.15) is 0 Å². The highest BCUT2D eigenvalue weighted by Gasteiger charge is 2.20. The average Bonchev–Trinajstić information content (AvgIpc) is 2.12. The van der Waals surface area contributed by atoms with Crippen LogP contribution in [0.3, 0.4) is 0 Å². The lowest BCUT2D eigenvalue weighted by Crippen LogP contribution is -2.42. The van der Waals surface area contributed by atoms with E-state index in [0.717, 1.165) is 13.1 Å². The summed E-state index contributed by atoms with van der Waals surface area (Å²) in [4.78, 5) is 11.6. The molecule has 0 atom stereocenters. The van der Waals surface area contributed by atoms with Crippen LogP contribution in [0, 0.1) is 11.7 Å². The zero-order chi connectivity index (χ0) is 9.97. The van der Waals surface area contributed by atoms with Crippen LogP contribution in [0.1, 0.15) is 16.8 Å². The summed E-state index contributed by atoms with van der Waals surface area (Å²) in [7, 11) is 0. The second-order valence-corrected chi connectivity index (χ2v) is 3.66. The molecule has 0 spiro atoms. The smallest absolute Gasteiger partial charge is 0.163 e. The molecule has 1 aromatic carbocycles. The van der Waals surface area contributed by atoms with E-state index in [1.165, 1.54) is 12.1 Å². The van der Waals surface area contributed by atoms with Gasteiger partial charge in [-0.15, -0.1) is 0 Å². The summed E-state index contributed by atoms with van der Waals surface area (Å²) in [6.07, 6.45) is 0.568. The first kappa shape index (κ1) is 9.34. The van der Waals surface area contributed by atoms with Gasteiger partial charge >= 0.3 is 0 Å². The van der Waals surface area contributed by atoms with E-state index in [2.05, 4.69) is 5.32 Å². The summed E-state index contributed by atoms with van der Waals surface area (Å²) >= 11 is 0. The lowest BCUT2D eigenvalue weighted by atomic mass is 9.94. The molecule has 0 aliphatic carbocycles. The van der Waals surface area contributed by atoms with Gasteiger partial charge in [0.25, 0.3) is 0 Å². The highest BCUT2D eigenvalue weighted by Crippen LogP contribution is 2.13. The Kier molecular flexibility index (Phi) is 2.59. The summed E-state index contributed by atoms with van der Waals surface area (Å²) in [5.74, 6) is 0.274. The van der Waals surface area contributed by atoms with Crippen molar-refractivity contribution in [2.45, 2.75) is 6.42 Å². The minimum absolute atomic E-state index is 0.108. The fraction of sp³-hybridized carbons (Fsp3) is 0.364. The molecule has 1 fully saturated rings. The van der Waals surface area contributed by atoms with E-state index in [1.807, 2.05) is 0 Å². The first-order valence-corrected chi connectivity index (χ1v) is 4.75. The number of rotatable bonds is 3. The Hall–Kier alpha value is -1.22. The Morgan fingerprint density at radius 2 is 2.00 bits per heavy atom. The largest absolute Gasteiger partial charge is 0.316 e. The molecule has 0 radical (unpaired) electrons. The summed E-state index contributed by atoms with van der Waals surface area (Å²) in [6.45, 7) is 1.85. The van der Waals surface area contributed by atoms with Gasteiger partial charge in [0.05, 0.1) is 0 Å². The van der Waals surface area contributed by atoms with E-state index < -0.39 is 0 Å². The van der Waals surface area contributed by atoms with E-state index in [0.29, 0.717) is 17.9 Å². The molecule has 1 aromatic rings. The number of benzene rings is 1. The van der Waals surface area contributed by atoms with E-state index in [9.17, 15) is 9.18 Å². The van der Waals surface area contributed by atoms with Gasteiger partial charge in [0, 0.05) is 12.0 Å². The van der Waals surface area contributed by atoms with E-state index >= 15 is 0 Å². The lowest BCUT2D eigenvalue weighted by molar-refractivity contribution is 0.0945. The predicted molar refractivity (Wildman–Crippen MR) is 51.7 cm³/mol. The van der Waals surface area contributed by atoms with Crippen molar-refractivity contribution in [3.05, 3.63) is 35.6 Å². The number of nitrogens with one attached hydrogen (secondary N) is 1. The molecular weight excluding hydrogens is 181 g/mol. The Morgan fingerprint density at radius 1 is 1.36 bits per heavy atom. The minimum Gasteiger partial charge on any atom is -0.316 e. The molecule has 0 saturated carbocycles. The third-order valence-electron chi connectivity index (χ3n) is 2.51. The van der Waals surface area contributed by atoms with Gasteiger partial charge in [0.2, 0.25) is 0 Å². The molecule has 1 N–H and O–H groups in total. The summed E-state index contributed by atoms with van der Waals surface area (Å²) < 4.78 is 12.6. The minimum atomic E-state index is -0.299. The molecule has 1 aliphatic heterocycles. The van der Waals surface area contributed by atoms with Gasteiger partial charge < -0.3 is 5.32 Å². The molecule has 74 valence electrons. The molecule has 0 amide bonds. The van der Waals surface area contributed by atoms with Crippen LogP contribution in [-0.2, 0) is 0 Å². The molecule has 2 nitrogen and oxygen atoms in total. The van der Waals surface area contributed by atoms with E-state index in [1.54, 1.807) is 12.1 Å². The molecule has 2 rings (SSSR count). The molecule has 0 unspecified atom stereocenters. The molecule has 3 heteroatoms. The lowest BCUT2D eigenvalue weighted by Gasteiger charge is -2.26. The average molecular weight is 193 g/mol. The van der Waals surface area contributed by atoms with E-state index in [-0.39, 0.29) is 11.6 Å². The van der Waals surface area contributed by atoms with Gasteiger partial charge in [-0.05, 0) is 43.3 Å². The summed E-state index contributed by atoms with van der Waals surface area (Å²) in [5.41, 5.74) is 0.610. The Labute approximate surface area is 82.1 Å². The van der Waals surface area contributed by atoms with Crippen molar-refractivity contribution >= 4 is 5.78 Å². The van der Waals surface area contributed by atoms with Crippen molar-refractivity contribution in [3.8, 4) is 0 Å². The number of hydrogen-bond acceptors (Lipinski definition) is 2. The van der Waals surface area contributed by atoms with Crippen molar-refractivity contribution in [3.63, 3.8) is 0 Å². The zero-order valence-corrected chi connectivity index (χ0v) is 7.79. The van der Waals surface area contributed by atoms with Gasteiger partial charge in [0.1, 0.15) is 5.82 Å². The van der Waals surface area contributed by atoms with Crippen LogP contribution >= 0.6 is 0 Å². The van der Waals surface area contributed by atoms with Crippen LogP contribution in [0.5, 0.6) is 0 Å². The van der Waals surface area contributed by atoms with Crippen LogP contribution in [-0.4, -0.2) is 18.9 Å². The fourth-order valence-electron chi connectivity index (χ4n) is 1.51. The first-order valence-electron chi connectivity index (χ1n) is 4.75. The maximum Gasteiger partial charge on any atom is 0.163 e. The molecule has 14 heavy (non-hydrogen) atoms. The zero-order valence-electron chi connectivity index (χ0n) is 7.79. The molecule has 1 aliphatic rings. The predicted octanol–water partition coefficient (Wildman–Crippen LogP) is 1.62. The topological polar surface area (TPSA) is 29.1 Å². The maximum absolute atomic E-state index is 12.6.